The molecule has 0 amide bonds. The van der Waals surface area contributed by atoms with Crippen molar-refractivity contribution in [2.45, 2.75) is 4.90 Å². The van der Waals surface area contributed by atoms with Crippen LogP contribution in [0.25, 0.3) is 10.1 Å². The Morgan fingerprint density at radius 1 is 1.50 bits per heavy atom. The fourth-order valence-electron chi connectivity index (χ4n) is 1.18. The molecule has 0 aliphatic rings. The summed E-state index contributed by atoms with van der Waals surface area (Å²) in [5.41, 5.74) is 0.0219. The number of nitro groups is 1. The topological polar surface area (TPSA) is 63.4 Å². The average molecular weight is 227 g/mol. The fraction of sp³-hybridized carbons (Fsp3) is 0. The molecule has 0 saturated carbocycles. The van der Waals surface area contributed by atoms with Crippen LogP contribution in [0.1, 0.15) is 0 Å². The summed E-state index contributed by atoms with van der Waals surface area (Å²) in [5, 5.41) is 21.8. The van der Waals surface area contributed by atoms with Gasteiger partial charge in [-0.2, -0.15) is 0 Å². The summed E-state index contributed by atoms with van der Waals surface area (Å²) in [6.07, 6.45) is 0. The average Bonchev–Trinajstić information content (AvgIpc) is 2.48. The third kappa shape index (κ3) is 1.32. The Morgan fingerprint density at radius 2 is 2.21 bits per heavy atom. The highest BCUT2D eigenvalue weighted by Crippen LogP contribution is 2.37. The molecule has 72 valence electrons. The minimum Gasteiger partial charge on any atom is -0.507 e. The first-order valence-corrected chi connectivity index (χ1v) is 5.00. The van der Waals surface area contributed by atoms with E-state index in [9.17, 15) is 15.2 Å². The molecule has 0 aliphatic carbocycles. The highest BCUT2D eigenvalue weighted by Gasteiger charge is 2.15. The lowest BCUT2D eigenvalue weighted by Gasteiger charge is -1.96. The number of hydrogen-bond donors (Lipinski definition) is 2. The number of phenols is 1. The molecule has 1 heterocycles. The van der Waals surface area contributed by atoms with Gasteiger partial charge in [-0.25, -0.2) is 0 Å². The summed E-state index contributed by atoms with van der Waals surface area (Å²) in [5.74, 6) is -0.0395. The van der Waals surface area contributed by atoms with Crippen LogP contribution in [0.15, 0.2) is 22.4 Å². The van der Waals surface area contributed by atoms with Gasteiger partial charge >= 0.3 is 0 Å². The zero-order valence-electron chi connectivity index (χ0n) is 6.80. The first kappa shape index (κ1) is 9.29. The molecule has 2 rings (SSSR count). The van der Waals surface area contributed by atoms with Crippen LogP contribution < -0.4 is 0 Å². The standard InChI is InChI=1S/C8H5NO3S2/c10-6-1-4-5(9(11)12)3-14-8(4)2-7(6)13/h1-3,10,13H. The lowest BCUT2D eigenvalue weighted by molar-refractivity contribution is -0.382. The maximum atomic E-state index is 10.6. The minimum atomic E-state index is -0.462. The quantitative estimate of drug-likeness (QED) is 0.447. The van der Waals surface area contributed by atoms with Crippen molar-refractivity contribution in [2.75, 3.05) is 0 Å². The van der Waals surface area contributed by atoms with E-state index < -0.39 is 4.92 Å². The Labute approximate surface area is 88.4 Å². The molecule has 0 aliphatic heterocycles. The molecule has 1 aromatic heterocycles. The SMILES string of the molecule is O=[N+]([O-])c1csc2cc(S)c(O)cc12. The normalized spacial score (nSPS) is 10.6. The van der Waals surface area contributed by atoms with Crippen molar-refractivity contribution in [3.8, 4) is 5.75 Å². The molecule has 1 N–H and O–H groups in total. The zero-order valence-corrected chi connectivity index (χ0v) is 8.51. The maximum Gasteiger partial charge on any atom is 0.287 e. The Morgan fingerprint density at radius 3 is 2.86 bits per heavy atom. The van der Waals surface area contributed by atoms with E-state index in [0.717, 1.165) is 4.70 Å². The molecule has 0 atom stereocenters. The number of thiol groups is 1. The molecule has 4 nitrogen and oxygen atoms in total. The zero-order chi connectivity index (χ0) is 10.3. The smallest absolute Gasteiger partial charge is 0.287 e. The Kier molecular flexibility index (Phi) is 2.09. The van der Waals surface area contributed by atoms with Crippen molar-refractivity contribution < 1.29 is 10.0 Å². The molecule has 14 heavy (non-hydrogen) atoms. The molecule has 0 spiro atoms. The summed E-state index contributed by atoms with van der Waals surface area (Å²) in [7, 11) is 0. The second-order valence-electron chi connectivity index (χ2n) is 2.72. The van der Waals surface area contributed by atoms with Crippen molar-refractivity contribution in [1.82, 2.24) is 0 Å². The molecule has 0 fully saturated rings. The molecule has 1 aromatic carbocycles. The van der Waals surface area contributed by atoms with E-state index in [2.05, 4.69) is 12.6 Å². The van der Waals surface area contributed by atoms with E-state index in [4.69, 9.17) is 0 Å². The Hall–Kier alpha value is -1.27. The van der Waals surface area contributed by atoms with Crippen molar-refractivity contribution in [2.24, 2.45) is 0 Å². The summed E-state index contributed by atoms with van der Waals surface area (Å²) in [4.78, 5) is 10.5. The van der Waals surface area contributed by atoms with Gasteiger partial charge in [0.2, 0.25) is 0 Å². The summed E-state index contributed by atoms with van der Waals surface area (Å²) in [6.45, 7) is 0. The molecule has 0 saturated heterocycles. The van der Waals surface area contributed by atoms with Gasteiger partial charge in [0, 0.05) is 9.60 Å². The number of aromatic hydroxyl groups is 1. The molecule has 0 radical (unpaired) electrons. The van der Waals surface area contributed by atoms with Gasteiger partial charge in [-0.1, -0.05) is 0 Å². The second-order valence-corrected chi connectivity index (χ2v) is 4.11. The monoisotopic (exact) mass is 227 g/mol. The third-order valence-corrected chi connectivity index (χ3v) is 3.14. The molecule has 0 bridgehead atoms. The van der Waals surface area contributed by atoms with Crippen molar-refractivity contribution in [1.29, 1.82) is 0 Å². The number of phenolic OH excluding ortho intramolecular Hbond substituents is 1. The van der Waals surface area contributed by atoms with E-state index >= 15 is 0 Å². The van der Waals surface area contributed by atoms with Gasteiger partial charge in [0.15, 0.2) is 0 Å². The first-order chi connectivity index (χ1) is 6.59. The van der Waals surface area contributed by atoms with Crippen LogP contribution in [0, 0.1) is 10.1 Å². The van der Waals surface area contributed by atoms with Crippen LogP contribution >= 0.6 is 24.0 Å². The summed E-state index contributed by atoms with van der Waals surface area (Å²) < 4.78 is 0.750. The van der Waals surface area contributed by atoms with Crippen LogP contribution in [0.2, 0.25) is 0 Å². The highest BCUT2D eigenvalue weighted by molar-refractivity contribution is 7.80. The first-order valence-electron chi connectivity index (χ1n) is 3.67. The maximum absolute atomic E-state index is 10.6. The van der Waals surface area contributed by atoms with Crippen LogP contribution in [-0.4, -0.2) is 10.0 Å². The van der Waals surface area contributed by atoms with Gasteiger partial charge in [-0.05, 0) is 12.1 Å². The van der Waals surface area contributed by atoms with Gasteiger partial charge in [0.1, 0.15) is 5.75 Å². The Bertz CT molecular complexity index is 521. The van der Waals surface area contributed by atoms with E-state index in [1.54, 1.807) is 6.07 Å². The van der Waals surface area contributed by atoms with Gasteiger partial charge in [-0.15, -0.1) is 24.0 Å². The lowest BCUT2D eigenvalue weighted by Crippen LogP contribution is -1.84. The van der Waals surface area contributed by atoms with Crippen LogP contribution in [0.3, 0.4) is 0 Å². The number of hydrogen-bond acceptors (Lipinski definition) is 5. The molecule has 0 unspecified atom stereocenters. The summed E-state index contributed by atoms with van der Waals surface area (Å²) >= 11 is 5.29. The molecule has 6 heteroatoms. The number of fused-ring (bicyclic) bond motifs is 1. The van der Waals surface area contributed by atoms with E-state index in [1.807, 2.05) is 0 Å². The third-order valence-electron chi connectivity index (χ3n) is 1.85. The lowest BCUT2D eigenvalue weighted by atomic mass is 10.2. The van der Waals surface area contributed by atoms with Crippen LogP contribution in [-0.2, 0) is 0 Å². The highest BCUT2D eigenvalue weighted by atomic mass is 32.1. The molecular formula is C8H5NO3S2. The number of thiophene rings is 1. The Balaban J connectivity index is 2.80. The van der Waals surface area contributed by atoms with Gasteiger partial charge in [-0.3, -0.25) is 10.1 Å². The van der Waals surface area contributed by atoms with Crippen LogP contribution in [0.5, 0.6) is 5.75 Å². The number of rotatable bonds is 1. The molecular weight excluding hydrogens is 222 g/mol. The van der Waals surface area contributed by atoms with Crippen molar-refractivity contribution in [3.05, 3.63) is 27.6 Å². The summed E-state index contributed by atoms with van der Waals surface area (Å²) in [6, 6.07) is 2.98. The van der Waals surface area contributed by atoms with E-state index in [1.165, 1.54) is 22.8 Å². The predicted molar refractivity (Wildman–Crippen MR) is 57.4 cm³/mol. The molecule has 2 aromatic rings. The predicted octanol–water partition coefficient (Wildman–Crippen LogP) is 2.80. The number of benzene rings is 1. The van der Waals surface area contributed by atoms with E-state index in [0.29, 0.717) is 10.3 Å². The second kappa shape index (κ2) is 3.14. The van der Waals surface area contributed by atoms with E-state index in [-0.39, 0.29) is 11.4 Å². The van der Waals surface area contributed by atoms with Crippen molar-refractivity contribution in [3.63, 3.8) is 0 Å². The largest absolute Gasteiger partial charge is 0.507 e. The fourth-order valence-corrected chi connectivity index (χ4v) is 2.39. The minimum absolute atomic E-state index is 0.0219. The van der Waals surface area contributed by atoms with Gasteiger partial charge < -0.3 is 5.11 Å². The van der Waals surface area contributed by atoms with Gasteiger partial charge in [0.05, 0.1) is 15.7 Å². The van der Waals surface area contributed by atoms with Gasteiger partial charge in [0.25, 0.3) is 5.69 Å². The van der Waals surface area contributed by atoms with Crippen LogP contribution in [0.4, 0.5) is 5.69 Å². The van der Waals surface area contributed by atoms with Crippen molar-refractivity contribution >= 4 is 39.7 Å². The number of nitrogens with zero attached hydrogens (tertiary/aromatic N) is 1.